The van der Waals surface area contributed by atoms with Crippen LogP contribution in [0.4, 0.5) is 5.69 Å². The first-order valence-electron chi connectivity index (χ1n) is 5.87. The van der Waals surface area contributed by atoms with Gasteiger partial charge in [0.15, 0.2) is 0 Å². The van der Waals surface area contributed by atoms with Gasteiger partial charge in [-0.15, -0.1) is 11.3 Å². The van der Waals surface area contributed by atoms with E-state index in [0.29, 0.717) is 11.6 Å². The first-order chi connectivity index (χ1) is 9.20. The normalized spacial score (nSPS) is 10.8. The van der Waals surface area contributed by atoms with Crippen LogP contribution < -0.4 is 10.5 Å². The van der Waals surface area contributed by atoms with Crippen LogP contribution in [0.2, 0.25) is 5.02 Å². The zero-order chi connectivity index (χ0) is 13.2. The van der Waals surface area contributed by atoms with Crippen LogP contribution in [0.5, 0.6) is 5.75 Å². The zero-order valence-electron chi connectivity index (χ0n) is 10.1. The van der Waals surface area contributed by atoms with Crippen LogP contribution >= 0.6 is 22.9 Å². The molecule has 3 rings (SSSR count). The molecule has 0 unspecified atom stereocenters. The Hall–Kier alpha value is -1.71. The van der Waals surface area contributed by atoms with Gasteiger partial charge in [-0.3, -0.25) is 0 Å². The molecule has 96 valence electrons. The molecule has 0 radical (unpaired) electrons. The maximum atomic E-state index is 5.83. The van der Waals surface area contributed by atoms with E-state index < -0.39 is 0 Å². The first kappa shape index (κ1) is 12.3. The fourth-order valence-electron chi connectivity index (χ4n) is 1.86. The lowest BCUT2D eigenvalue weighted by molar-refractivity contribution is 0.310. The van der Waals surface area contributed by atoms with Crippen LogP contribution in [-0.2, 0) is 6.61 Å². The van der Waals surface area contributed by atoms with E-state index in [1.807, 2.05) is 42.5 Å². The lowest BCUT2D eigenvalue weighted by Crippen LogP contribution is -1.91. The Balaban J connectivity index is 1.76. The standard InChI is InChI=1S/C15H12ClNOS/c16-11-2-5-13(6-3-11)18-9-14-7-10-1-4-12(17)8-15(10)19-14/h1-8H,9,17H2. The van der Waals surface area contributed by atoms with Crippen molar-refractivity contribution in [3.05, 3.63) is 58.4 Å². The van der Waals surface area contributed by atoms with Gasteiger partial charge < -0.3 is 10.5 Å². The summed E-state index contributed by atoms with van der Waals surface area (Å²) in [6.45, 7) is 0.556. The van der Waals surface area contributed by atoms with Crippen LogP contribution in [0.3, 0.4) is 0 Å². The SMILES string of the molecule is Nc1ccc2cc(COc3ccc(Cl)cc3)sc2c1. The molecule has 4 heteroatoms. The van der Waals surface area contributed by atoms with Crippen molar-refractivity contribution in [2.45, 2.75) is 6.61 Å². The summed E-state index contributed by atoms with van der Waals surface area (Å²) in [7, 11) is 0. The van der Waals surface area contributed by atoms with Gasteiger partial charge in [0.05, 0.1) is 0 Å². The second-order valence-electron chi connectivity index (χ2n) is 4.25. The van der Waals surface area contributed by atoms with Crippen molar-refractivity contribution < 1.29 is 4.74 Å². The summed E-state index contributed by atoms with van der Waals surface area (Å²) in [6, 6.07) is 15.5. The Morgan fingerprint density at radius 3 is 2.63 bits per heavy atom. The Labute approximate surface area is 120 Å². The quantitative estimate of drug-likeness (QED) is 0.708. The third-order valence-corrected chi connectivity index (χ3v) is 4.11. The highest BCUT2D eigenvalue weighted by molar-refractivity contribution is 7.19. The summed E-state index contributed by atoms with van der Waals surface area (Å²) in [6.07, 6.45) is 0. The summed E-state index contributed by atoms with van der Waals surface area (Å²) in [5.74, 6) is 0.821. The topological polar surface area (TPSA) is 35.2 Å². The number of anilines is 1. The van der Waals surface area contributed by atoms with E-state index in [2.05, 4.69) is 6.07 Å². The average Bonchev–Trinajstić information content (AvgIpc) is 2.80. The maximum absolute atomic E-state index is 5.83. The summed E-state index contributed by atoms with van der Waals surface area (Å²) in [5, 5.41) is 1.92. The molecule has 0 fully saturated rings. The molecule has 0 spiro atoms. The van der Waals surface area contributed by atoms with Crippen LogP contribution in [0, 0.1) is 0 Å². The van der Waals surface area contributed by atoms with Gasteiger partial charge in [0.2, 0.25) is 0 Å². The lowest BCUT2D eigenvalue weighted by atomic mass is 10.2. The Morgan fingerprint density at radius 1 is 1.05 bits per heavy atom. The van der Waals surface area contributed by atoms with Gasteiger partial charge in [-0.1, -0.05) is 17.7 Å². The number of nitrogen functional groups attached to an aromatic ring is 1. The van der Waals surface area contributed by atoms with Gasteiger partial charge in [-0.25, -0.2) is 0 Å². The molecule has 0 aliphatic heterocycles. The number of fused-ring (bicyclic) bond motifs is 1. The minimum absolute atomic E-state index is 0.556. The molecule has 0 saturated heterocycles. The molecular weight excluding hydrogens is 278 g/mol. The van der Waals surface area contributed by atoms with Crippen molar-refractivity contribution in [1.29, 1.82) is 0 Å². The molecule has 0 bridgehead atoms. The molecule has 2 nitrogen and oxygen atoms in total. The molecule has 2 aromatic carbocycles. The average molecular weight is 290 g/mol. The third kappa shape index (κ3) is 2.83. The molecule has 0 saturated carbocycles. The van der Waals surface area contributed by atoms with E-state index in [0.717, 1.165) is 11.4 Å². The van der Waals surface area contributed by atoms with Crippen LogP contribution in [0.1, 0.15) is 4.88 Å². The number of thiophene rings is 1. The van der Waals surface area contributed by atoms with Gasteiger partial charge in [0.1, 0.15) is 12.4 Å². The van der Waals surface area contributed by atoms with E-state index in [4.69, 9.17) is 22.1 Å². The number of benzene rings is 2. The van der Waals surface area contributed by atoms with Gasteiger partial charge >= 0.3 is 0 Å². The Kier molecular flexibility index (Phi) is 3.32. The van der Waals surface area contributed by atoms with Crippen LogP contribution in [0.15, 0.2) is 48.5 Å². The van der Waals surface area contributed by atoms with E-state index in [-0.39, 0.29) is 0 Å². The predicted octanol–water partition coefficient (Wildman–Crippen LogP) is 4.72. The molecule has 19 heavy (non-hydrogen) atoms. The Bertz CT molecular complexity index is 706. The van der Waals surface area contributed by atoms with Crippen LogP contribution in [-0.4, -0.2) is 0 Å². The molecular formula is C15H12ClNOS. The maximum Gasteiger partial charge on any atom is 0.122 e. The van der Waals surface area contributed by atoms with E-state index in [1.165, 1.54) is 15.0 Å². The highest BCUT2D eigenvalue weighted by atomic mass is 35.5. The number of rotatable bonds is 3. The van der Waals surface area contributed by atoms with E-state index >= 15 is 0 Å². The van der Waals surface area contributed by atoms with E-state index in [1.54, 1.807) is 11.3 Å². The zero-order valence-corrected chi connectivity index (χ0v) is 11.7. The monoisotopic (exact) mass is 289 g/mol. The van der Waals surface area contributed by atoms with Gasteiger partial charge in [-0.2, -0.15) is 0 Å². The Morgan fingerprint density at radius 2 is 1.84 bits per heavy atom. The van der Waals surface area contributed by atoms with Gasteiger partial charge in [0.25, 0.3) is 0 Å². The largest absolute Gasteiger partial charge is 0.488 e. The highest BCUT2D eigenvalue weighted by Crippen LogP contribution is 2.28. The first-order valence-corrected chi connectivity index (χ1v) is 7.06. The molecule has 0 aliphatic carbocycles. The summed E-state index contributed by atoms with van der Waals surface area (Å²) in [4.78, 5) is 1.18. The number of nitrogens with two attached hydrogens (primary N) is 1. The summed E-state index contributed by atoms with van der Waals surface area (Å²) < 4.78 is 6.92. The van der Waals surface area contributed by atoms with Gasteiger partial charge in [0, 0.05) is 20.3 Å². The van der Waals surface area contributed by atoms with Crippen molar-refractivity contribution >= 4 is 38.7 Å². The molecule has 2 N–H and O–H groups in total. The van der Waals surface area contributed by atoms with Gasteiger partial charge in [-0.05, 0) is 47.9 Å². The van der Waals surface area contributed by atoms with Crippen molar-refractivity contribution in [3.63, 3.8) is 0 Å². The van der Waals surface area contributed by atoms with Crippen molar-refractivity contribution in [2.75, 3.05) is 5.73 Å². The predicted molar refractivity (Wildman–Crippen MR) is 82.0 cm³/mol. The number of hydrogen-bond donors (Lipinski definition) is 1. The lowest BCUT2D eigenvalue weighted by Gasteiger charge is -2.03. The van der Waals surface area contributed by atoms with Crippen molar-refractivity contribution in [1.82, 2.24) is 0 Å². The number of hydrogen-bond acceptors (Lipinski definition) is 3. The second kappa shape index (κ2) is 5.11. The molecule has 0 amide bonds. The van der Waals surface area contributed by atoms with Crippen molar-refractivity contribution in [2.24, 2.45) is 0 Å². The molecule has 1 heterocycles. The minimum atomic E-state index is 0.556. The number of ether oxygens (including phenoxy) is 1. The second-order valence-corrected chi connectivity index (χ2v) is 5.86. The smallest absolute Gasteiger partial charge is 0.122 e. The van der Waals surface area contributed by atoms with Crippen LogP contribution in [0.25, 0.3) is 10.1 Å². The van der Waals surface area contributed by atoms with E-state index in [9.17, 15) is 0 Å². The molecule has 0 aliphatic rings. The summed E-state index contributed by atoms with van der Waals surface area (Å²) in [5.41, 5.74) is 6.57. The molecule has 1 aromatic heterocycles. The fraction of sp³-hybridized carbons (Fsp3) is 0.0667. The molecule has 3 aromatic rings. The summed E-state index contributed by atoms with van der Waals surface area (Å²) >= 11 is 7.53. The minimum Gasteiger partial charge on any atom is -0.488 e. The fourth-order valence-corrected chi connectivity index (χ4v) is 3.01. The number of halogens is 1. The molecule has 0 atom stereocenters. The van der Waals surface area contributed by atoms with Crippen molar-refractivity contribution in [3.8, 4) is 5.75 Å². The highest BCUT2D eigenvalue weighted by Gasteiger charge is 2.03. The third-order valence-electron chi connectivity index (χ3n) is 2.79.